The van der Waals surface area contributed by atoms with Crippen LogP contribution in [0.25, 0.3) is 11.5 Å². The Morgan fingerprint density at radius 1 is 1.03 bits per heavy atom. The molecule has 0 aliphatic carbocycles. The topological polar surface area (TPSA) is 78.2 Å². The molecule has 0 fully saturated rings. The molecule has 0 spiro atoms. The highest BCUT2D eigenvalue weighted by Gasteiger charge is 2.17. The average molecular weight is 491 g/mol. The Labute approximate surface area is 208 Å². The third kappa shape index (κ3) is 6.70. The smallest absolute Gasteiger partial charge is 0.232 e. The van der Waals surface area contributed by atoms with E-state index in [1.165, 1.54) is 0 Å². The summed E-state index contributed by atoms with van der Waals surface area (Å²) in [7, 11) is -1.38. The average Bonchev–Trinajstić information content (AvgIpc) is 3.54. The highest BCUT2D eigenvalue weighted by atomic mass is 32.2. The molecule has 1 N–H and O–H groups in total. The monoisotopic (exact) mass is 490 g/mol. The van der Waals surface area contributed by atoms with Gasteiger partial charge in [0.25, 0.3) is 0 Å². The molecule has 0 saturated heterocycles. The summed E-state index contributed by atoms with van der Waals surface area (Å²) in [6, 6.07) is 21.3. The Morgan fingerprint density at radius 3 is 2.49 bits per heavy atom. The lowest BCUT2D eigenvalue weighted by atomic mass is 10.2. The molecule has 0 unspecified atom stereocenters. The van der Waals surface area contributed by atoms with Crippen LogP contribution in [-0.4, -0.2) is 36.8 Å². The van der Waals surface area contributed by atoms with E-state index in [9.17, 15) is 9.00 Å². The highest BCUT2D eigenvalue weighted by molar-refractivity contribution is 7.84. The predicted molar refractivity (Wildman–Crippen MR) is 138 cm³/mol. The van der Waals surface area contributed by atoms with Crippen molar-refractivity contribution in [1.29, 1.82) is 0 Å². The molecule has 2 heterocycles. The number of unbranched alkanes of at least 4 members (excludes halogenated alkanes) is 1. The molecule has 7 nitrogen and oxygen atoms in total. The second-order valence-electron chi connectivity index (χ2n) is 8.18. The zero-order chi connectivity index (χ0) is 24.5. The third-order valence-electron chi connectivity index (χ3n) is 5.45. The summed E-state index contributed by atoms with van der Waals surface area (Å²) in [5, 5.41) is 7.39. The summed E-state index contributed by atoms with van der Waals surface area (Å²) in [6.45, 7) is 3.21. The summed E-state index contributed by atoms with van der Waals surface area (Å²) in [6.07, 6.45) is 7.69. The van der Waals surface area contributed by atoms with Crippen LogP contribution in [0, 0.1) is 0 Å². The van der Waals surface area contributed by atoms with Crippen LogP contribution in [0.2, 0.25) is 0 Å². The van der Waals surface area contributed by atoms with Crippen molar-refractivity contribution >= 4 is 16.7 Å². The number of aromatic nitrogens is 3. The van der Waals surface area contributed by atoms with Crippen molar-refractivity contribution in [3.8, 4) is 17.3 Å². The van der Waals surface area contributed by atoms with Crippen molar-refractivity contribution in [3.05, 3.63) is 96.4 Å². The van der Waals surface area contributed by atoms with Crippen LogP contribution in [0.5, 0.6) is 5.75 Å². The van der Waals surface area contributed by atoms with Gasteiger partial charge >= 0.3 is 0 Å². The van der Waals surface area contributed by atoms with Gasteiger partial charge in [0.05, 0.1) is 24.2 Å². The number of amides is 1. The lowest BCUT2D eigenvalue weighted by Crippen LogP contribution is -2.28. The highest BCUT2D eigenvalue weighted by Crippen LogP contribution is 2.21. The first-order chi connectivity index (χ1) is 17.1. The van der Waals surface area contributed by atoms with Crippen LogP contribution < -0.4 is 10.1 Å². The molecular weight excluding hydrogens is 460 g/mol. The Balaban J connectivity index is 1.35. The van der Waals surface area contributed by atoms with Gasteiger partial charge in [-0.1, -0.05) is 43.7 Å². The van der Waals surface area contributed by atoms with E-state index in [4.69, 9.17) is 4.74 Å². The van der Waals surface area contributed by atoms with Crippen molar-refractivity contribution in [2.75, 3.05) is 12.4 Å². The van der Waals surface area contributed by atoms with Crippen LogP contribution in [0.3, 0.4) is 0 Å². The zero-order valence-corrected chi connectivity index (χ0v) is 20.6. The molecule has 2 aromatic heterocycles. The van der Waals surface area contributed by atoms with Crippen LogP contribution >= 0.6 is 0 Å². The lowest BCUT2D eigenvalue weighted by molar-refractivity contribution is -0.118. The maximum Gasteiger partial charge on any atom is 0.232 e. The van der Waals surface area contributed by atoms with Gasteiger partial charge in [-0.05, 0) is 48.4 Å². The molecule has 0 bridgehead atoms. The van der Waals surface area contributed by atoms with Gasteiger partial charge in [-0.15, -0.1) is 0 Å². The molecule has 182 valence electrons. The quantitative estimate of drug-likeness (QED) is 0.299. The molecule has 0 radical (unpaired) electrons. The number of para-hydroxylation sites is 1. The largest absolute Gasteiger partial charge is 0.494 e. The number of hydrogen-bond donors (Lipinski definition) is 1. The fourth-order valence-corrected chi connectivity index (χ4v) is 4.69. The summed E-state index contributed by atoms with van der Waals surface area (Å²) in [4.78, 5) is 12.4. The van der Waals surface area contributed by atoms with Crippen molar-refractivity contribution < 1.29 is 13.7 Å². The van der Waals surface area contributed by atoms with E-state index in [1.54, 1.807) is 6.20 Å². The van der Waals surface area contributed by atoms with Crippen molar-refractivity contribution in [2.24, 2.45) is 0 Å². The van der Waals surface area contributed by atoms with Crippen LogP contribution in [0.15, 0.2) is 85.3 Å². The first-order valence-corrected chi connectivity index (χ1v) is 13.2. The van der Waals surface area contributed by atoms with Gasteiger partial charge in [-0.2, -0.15) is 5.10 Å². The SMILES string of the molecule is CCCCOc1ccc(CNC(=O)C[S@@](=O)Cc2cnn(-c3ccccc3)c2-n2cccc2)cc1. The molecule has 35 heavy (non-hydrogen) atoms. The molecule has 1 amide bonds. The minimum Gasteiger partial charge on any atom is -0.494 e. The van der Waals surface area contributed by atoms with E-state index >= 15 is 0 Å². The molecule has 4 rings (SSSR count). The van der Waals surface area contributed by atoms with E-state index in [0.29, 0.717) is 13.2 Å². The van der Waals surface area contributed by atoms with Gasteiger partial charge in [-0.3, -0.25) is 9.00 Å². The minimum atomic E-state index is -1.38. The number of benzene rings is 2. The van der Waals surface area contributed by atoms with Crippen molar-refractivity contribution in [1.82, 2.24) is 19.7 Å². The standard InChI is InChI=1S/C27H30N4O3S/c1-2-3-17-34-25-13-11-22(12-14-25)18-28-26(32)21-35(33)20-23-19-29-31(24-9-5-4-6-10-24)27(23)30-15-7-8-16-30/h4-16,19H,2-3,17-18,20-21H2,1H3,(H,28,32)/t35-/m0/s1. The Kier molecular flexibility index (Phi) is 8.51. The Bertz CT molecular complexity index is 1240. The number of hydrogen-bond acceptors (Lipinski definition) is 4. The number of carbonyl (C=O) groups is 1. The number of nitrogens with one attached hydrogen (secondary N) is 1. The first-order valence-electron chi connectivity index (χ1n) is 11.7. The molecule has 0 saturated carbocycles. The maximum atomic E-state index is 12.9. The summed E-state index contributed by atoms with van der Waals surface area (Å²) >= 11 is 0. The van der Waals surface area contributed by atoms with Gasteiger partial charge in [0.2, 0.25) is 5.91 Å². The summed E-state index contributed by atoms with van der Waals surface area (Å²) in [5.74, 6) is 1.56. The lowest BCUT2D eigenvalue weighted by Gasteiger charge is -2.11. The maximum absolute atomic E-state index is 12.9. The van der Waals surface area contributed by atoms with E-state index in [-0.39, 0.29) is 17.4 Å². The molecule has 1 atom stereocenters. The Hall–Kier alpha value is -3.65. The second-order valence-corrected chi connectivity index (χ2v) is 9.64. The van der Waals surface area contributed by atoms with Gasteiger partial charge in [-0.25, -0.2) is 4.68 Å². The predicted octanol–water partition coefficient (Wildman–Crippen LogP) is 4.41. The van der Waals surface area contributed by atoms with Crippen LogP contribution in [0.1, 0.15) is 30.9 Å². The number of nitrogens with zero attached hydrogens (tertiary/aromatic N) is 3. The van der Waals surface area contributed by atoms with Gasteiger partial charge in [0.15, 0.2) is 0 Å². The zero-order valence-electron chi connectivity index (χ0n) is 19.8. The molecule has 8 heteroatoms. The molecule has 4 aromatic rings. The van der Waals surface area contributed by atoms with Crippen LogP contribution in [0.4, 0.5) is 0 Å². The summed E-state index contributed by atoms with van der Waals surface area (Å²) in [5.41, 5.74) is 2.69. The van der Waals surface area contributed by atoms with Crippen molar-refractivity contribution in [3.63, 3.8) is 0 Å². The molecule has 2 aromatic carbocycles. The van der Waals surface area contributed by atoms with E-state index in [1.807, 2.05) is 88.4 Å². The second kappa shape index (κ2) is 12.2. The first kappa shape index (κ1) is 24.5. The van der Waals surface area contributed by atoms with Gasteiger partial charge in [0.1, 0.15) is 17.3 Å². The summed E-state index contributed by atoms with van der Waals surface area (Å²) < 4.78 is 22.3. The van der Waals surface area contributed by atoms with E-state index in [0.717, 1.165) is 41.2 Å². The molecule has 0 aliphatic rings. The number of carbonyl (C=O) groups excluding carboxylic acids is 1. The van der Waals surface area contributed by atoms with E-state index < -0.39 is 10.8 Å². The van der Waals surface area contributed by atoms with Crippen molar-refractivity contribution in [2.45, 2.75) is 32.1 Å². The van der Waals surface area contributed by atoms with E-state index in [2.05, 4.69) is 17.3 Å². The van der Waals surface area contributed by atoms with Crippen LogP contribution in [-0.2, 0) is 27.9 Å². The molecular formula is C27H30N4O3S. The number of rotatable bonds is 12. The van der Waals surface area contributed by atoms with Gasteiger partial charge in [0, 0.05) is 35.3 Å². The normalized spacial score (nSPS) is 11.8. The third-order valence-corrected chi connectivity index (χ3v) is 6.67. The minimum absolute atomic E-state index is 0.0696. The Morgan fingerprint density at radius 2 is 1.77 bits per heavy atom. The van der Waals surface area contributed by atoms with Gasteiger partial charge < -0.3 is 14.6 Å². The fourth-order valence-electron chi connectivity index (χ4n) is 3.65. The molecule has 0 aliphatic heterocycles. The number of ether oxygens (including phenoxy) is 1. The fraction of sp³-hybridized carbons (Fsp3) is 0.259.